The summed E-state index contributed by atoms with van der Waals surface area (Å²) in [6.07, 6.45) is 0.552. The molecule has 3 nitrogen and oxygen atoms in total. The summed E-state index contributed by atoms with van der Waals surface area (Å²) in [6.45, 7) is 1.43. The molecule has 0 unspecified atom stereocenters. The maximum atomic E-state index is 11.5. The number of anilines is 1. The van der Waals surface area contributed by atoms with E-state index in [1.807, 2.05) is 24.3 Å². The van der Waals surface area contributed by atoms with Gasteiger partial charge in [0.15, 0.2) is 0 Å². The van der Waals surface area contributed by atoms with E-state index in [4.69, 9.17) is 4.74 Å². The lowest BCUT2D eigenvalue weighted by Crippen LogP contribution is -2.31. The number of amides is 1. The van der Waals surface area contributed by atoms with Gasteiger partial charge in [-0.15, -0.1) is 0 Å². The van der Waals surface area contributed by atoms with Crippen molar-refractivity contribution < 1.29 is 9.53 Å². The predicted octanol–water partition coefficient (Wildman–Crippen LogP) is 2.42. The quantitative estimate of drug-likeness (QED) is 0.916. The van der Waals surface area contributed by atoms with Crippen LogP contribution in [0.15, 0.2) is 28.7 Å². The summed E-state index contributed by atoms with van der Waals surface area (Å²) in [5.74, 6) is 0.464. The Morgan fingerprint density at radius 2 is 2.07 bits per heavy atom. The standard InChI is InChI=1S/C11H12BrNO2/c12-9-1-3-10(4-2-9)13-11(14)5-8-6-15-7-8/h1-4,8H,5-7H2,(H,13,14). The maximum Gasteiger partial charge on any atom is 0.224 e. The Morgan fingerprint density at radius 3 is 2.60 bits per heavy atom. The van der Waals surface area contributed by atoms with E-state index in [2.05, 4.69) is 21.2 Å². The van der Waals surface area contributed by atoms with Crippen LogP contribution in [-0.2, 0) is 9.53 Å². The van der Waals surface area contributed by atoms with Gasteiger partial charge in [0.05, 0.1) is 13.2 Å². The number of nitrogens with one attached hydrogen (secondary N) is 1. The van der Waals surface area contributed by atoms with Crippen LogP contribution in [-0.4, -0.2) is 19.1 Å². The Labute approximate surface area is 96.9 Å². The molecular formula is C11H12BrNO2. The molecule has 1 N–H and O–H groups in total. The summed E-state index contributed by atoms with van der Waals surface area (Å²) < 4.78 is 6.02. The highest BCUT2D eigenvalue weighted by atomic mass is 79.9. The first kappa shape index (κ1) is 10.6. The predicted molar refractivity (Wildman–Crippen MR) is 61.7 cm³/mol. The summed E-state index contributed by atoms with van der Waals surface area (Å²) in [4.78, 5) is 11.5. The van der Waals surface area contributed by atoms with Crippen molar-refractivity contribution >= 4 is 27.5 Å². The van der Waals surface area contributed by atoms with E-state index in [9.17, 15) is 4.79 Å². The highest BCUT2D eigenvalue weighted by Crippen LogP contribution is 2.17. The summed E-state index contributed by atoms with van der Waals surface area (Å²) in [7, 11) is 0. The van der Waals surface area contributed by atoms with Crippen molar-refractivity contribution in [2.75, 3.05) is 18.5 Å². The highest BCUT2D eigenvalue weighted by molar-refractivity contribution is 9.10. The second-order valence-electron chi connectivity index (χ2n) is 3.66. The molecule has 0 bridgehead atoms. The normalized spacial score (nSPS) is 15.8. The minimum Gasteiger partial charge on any atom is -0.381 e. The Hall–Kier alpha value is -0.870. The molecule has 1 aromatic carbocycles. The van der Waals surface area contributed by atoms with Gasteiger partial charge in [-0.3, -0.25) is 4.79 Å². The van der Waals surface area contributed by atoms with E-state index in [0.29, 0.717) is 25.6 Å². The number of hydrogen-bond donors (Lipinski definition) is 1. The van der Waals surface area contributed by atoms with Crippen LogP contribution < -0.4 is 5.32 Å². The van der Waals surface area contributed by atoms with Crippen molar-refractivity contribution in [3.8, 4) is 0 Å². The number of benzene rings is 1. The zero-order valence-electron chi connectivity index (χ0n) is 8.20. The first-order valence-corrected chi connectivity index (χ1v) is 5.66. The minimum atomic E-state index is 0.0608. The Morgan fingerprint density at radius 1 is 1.40 bits per heavy atom. The number of rotatable bonds is 3. The molecule has 1 saturated heterocycles. The molecule has 4 heteroatoms. The molecule has 0 spiro atoms. The van der Waals surface area contributed by atoms with Crippen LogP contribution in [0.2, 0.25) is 0 Å². The molecule has 1 aliphatic heterocycles. The molecule has 1 amide bonds. The average Bonchev–Trinajstić information content (AvgIpc) is 2.16. The van der Waals surface area contributed by atoms with E-state index >= 15 is 0 Å². The SMILES string of the molecule is O=C(CC1COC1)Nc1ccc(Br)cc1. The molecule has 80 valence electrons. The van der Waals surface area contributed by atoms with Crippen LogP contribution in [0.25, 0.3) is 0 Å². The van der Waals surface area contributed by atoms with Crippen molar-refractivity contribution in [2.24, 2.45) is 5.92 Å². The monoisotopic (exact) mass is 269 g/mol. The number of carbonyl (C=O) groups is 1. The summed E-state index contributed by atoms with van der Waals surface area (Å²) in [5, 5.41) is 2.85. The van der Waals surface area contributed by atoms with Gasteiger partial charge in [0, 0.05) is 22.5 Å². The van der Waals surface area contributed by atoms with Crippen LogP contribution in [0.5, 0.6) is 0 Å². The molecular weight excluding hydrogens is 258 g/mol. The van der Waals surface area contributed by atoms with Crippen LogP contribution in [0.1, 0.15) is 6.42 Å². The molecule has 0 saturated carbocycles. The fraction of sp³-hybridized carbons (Fsp3) is 0.364. The first-order chi connectivity index (χ1) is 7.24. The molecule has 1 fully saturated rings. The largest absolute Gasteiger partial charge is 0.381 e. The lowest BCUT2D eigenvalue weighted by Gasteiger charge is -2.25. The van der Waals surface area contributed by atoms with Crippen molar-refractivity contribution in [3.63, 3.8) is 0 Å². The van der Waals surface area contributed by atoms with E-state index in [-0.39, 0.29) is 5.91 Å². The molecule has 15 heavy (non-hydrogen) atoms. The fourth-order valence-electron chi connectivity index (χ4n) is 1.41. The van der Waals surface area contributed by atoms with E-state index in [1.54, 1.807) is 0 Å². The highest BCUT2D eigenvalue weighted by Gasteiger charge is 2.21. The molecule has 2 rings (SSSR count). The summed E-state index contributed by atoms with van der Waals surface area (Å²) in [6, 6.07) is 7.56. The average molecular weight is 270 g/mol. The van der Waals surface area contributed by atoms with Gasteiger partial charge in [-0.05, 0) is 24.3 Å². The Balaban J connectivity index is 1.84. The fourth-order valence-corrected chi connectivity index (χ4v) is 1.67. The van der Waals surface area contributed by atoms with Gasteiger partial charge in [-0.1, -0.05) is 15.9 Å². The summed E-state index contributed by atoms with van der Waals surface area (Å²) >= 11 is 3.34. The topological polar surface area (TPSA) is 38.3 Å². The van der Waals surface area contributed by atoms with E-state index in [0.717, 1.165) is 10.2 Å². The number of ether oxygens (including phenoxy) is 1. The zero-order valence-corrected chi connectivity index (χ0v) is 9.79. The first-order valence-electron chi connectivity index (χ1n) is 4.87. The lowest BCUT2D eigenvalue weighted by atomic mass is 10.0. The van der Waals surface area contributed by atoms with Crippen molar-refractivity contribution in [3.05, 3.63) is 28.7 Å². The Bertz CT molecular complexity index is 346. The number of hydrogen-bond acceptors (Lipinski definition) is 2. The molecule has 0 atom stereocenters. The third-order valence-corrected chi connectivity index (χ3v) is 2.84. The molecule has 0 aromatic heterocycles. The van der Waals surface area contributed by atoms with Gasteiger partial charge in [0.2, 0.25) is 5.91 Å². The van der Waals surface area contributed by atoms with Crippen molar-refractivity contribution in [2.45, 2.75) is 6.42 Å². The van der Waals surface area contributed by atoms with Gasteiger partial charge in [0.1, 0.15) is 0 Å². The van der Waals surface area contributed by atoms with Gasteiger partial charge < -0.3 is 10.1 Å². The van der Waals surface area contributed by atoms with Crippen molar-refractivity contribution in [1.82, 2.24) is 0 Å². The number of halogens is 1. The van der Waals surface area contributed by atoms with E-state index < -0.39 is 0 Å². The summed E-state index contributed by atoms with van der Waals surface area (Å²) in [5.41, 5.74) is 0.837. The smallest absolute Gasteiger partial charge is 0.224 e. The van der Waals surface area contributed by atoms with Crippen LogP contribution in [0, 0.1) is 5.92 Å². The molecule has 0 radical (unpaired) electrons. The zero-order chi connectivity index (χ0) is 10.7. The van der Waals surface area contributed by atoms with Crippen LogP contribution >= 0.6 is 15.9 Å². The van der Waals surface area contributed by atoms with Crippen molar-refractivity contribution in [1.29, 1.82) is 0 Å². The second kappa shape index (κ2) is 4.77. The van der Waals surface area contributed by atoms with Gasteiger partial charge in [-0.25, -0.2) is 0 Å². The Kier molecular flexibility index (Phi) is 3.38. The third kappa shape index (κ3) is 3.04. The molecule has 1 aromatic rings. The third-order valence-electron chi connectivity index (χ3n) is 2.31. The minimum absolute atomic E-state index is 0.0608. The van der Waals surface area contributed by atoms with Gasteiger partial charge in [-0.2, -0.15) is 0 Å². The molecule has 1 aliphatic rings. The van der Waals surface area contributed by atoms with E-state index in [1.165, 1.54) is 0 Å². The van der Waals surface area contributed by atoms with Gasteiger partial charge in [0.25, 0.3) is 0 Å². The van der Waals surface area contributed by atoms with Gasteiger partial charge >= 0.3 is 0 Å². The van der Waals surface area contributed by atoms with Crippen LogP contribution in [0.4, 0.5) is 5.69 Å². The lowest BCUT2D eigenvalue weighted by molar-refractivity contribution is -0.121. The second-order valence-corrected chi connectivity index (χ2v) is 4.58. The molecule has 0 aliphatic carbocycles. The maximum absolute atomic E-state index is 11.5. The van der Waals surface area contributed by atoms with Crippen LogP contribution in [0.3, 0.4) is 0 Å². The molecule has 1 heterocycles. The number of carbonyl (C=O) groups excluding carboxylic acids is 1.